The number of hydrogen-bond acceptors (Lipinski definition) is 4. The fourth-order valence-corrected chi connectivity index (χ4v) is 2.95. The van der Waals surface area contributed by atoms with Gasteiger partial charge < -0.3 is 19.7 Å². The first-order valence-corrected chi connectivity index (χ1v) is 8.59. The van der Waals surface area contributed by atoms with Gasteiger partial charge in [-0.1, -0.05) is 0 Å². The third-order valence-corrected chi connectivity index (χ3v) is 4.27. The molecule has 2 amide bonds. The molecule has 0 unspecified atom stereocenters. The van der Waals surface area contributed by atoms with Crippen molar-refractivity contribution in [1.29, 1.82) is 0 Å². The van der Waals surface area contributed by atoms with Crippen molar-refractivity contribution in [3.8, 4) is 11.5 Å². The van der Waals surface area contributed by atoms with Crippen molar-refractivity contribution < 1.29 is 19.1 Å². The molecule has 0 spiro atoms. The smallest absolute Gasteiger partial charge is 0.251 e. The van der Waals surface area contributed by atoms with Gasteiger partial charge in [0.15, 0.2) is 0 Å². The molecule has 1 atom stereocenters. The summed E-state index contributed by atoms with van der Waals surface area (Å²) in [5.41, 5.74) is 1.34. The van der Waals surface area contributed by atoms with E-state index in [0.717, 1.165) is 17.2 Å². The van der Waals surface area contributed by atoms with E-state index >= 15 is 0 Å². The van der Waals surface area contributed by atoms with Crippen molar-refractivity contribution in [2.24, 2.45) is 0 Å². The highest BCUT2D eigenvalue weighted by molar-refractivity contribution is 5.99. The fraction of sp³-hybridized carbons (Fsp3) is 0.300. The summed E-state index contributed by atoms with van der Waals surface area (Å²) in [6.07, 6.45) is 0.287. The SMILES string of the molecule is CCOc1ccc(C(=O)N[C@@H]2CC(=O)N(c3ccc(OC)cc3)C2)cc1. The van der Waals surface area contributed by atoms with Gasteiger partial charge in [-0.05, 0) is 55.5 Å². The van der Waals surface area contributed by atoms with E-state index in [1.54, 1.807) is 36.3 Å². The molecular formula is C20H22N2O4. The first-order chi connectivity index (χ1) is 12.6. The van der Waals surface area contributed by atoms with Gasteiger partial charge in [-0.25, -0.2) is 0 Å². The van der Waals surface area contributed by atoms with Crippen LogP contribution in [0, 0.1) is 0 Å². The Hall–Kier alpha value is -3.02. The second-order valence-electron chi connectivity index (χ2n) is 6.03. The molecular weight excluding hydrogens is 332 g/mol. The molecule has 26 heavy (non-hydrogen) atoms. The van der Waals surface area contributed by atoms with Gasteiger partial charge in [-0.2, -0.15) is 0 Å². The third kappa shape index (κ3) is 3.96. The maximum atomic E-state index is 12.4. The Labute approximate surface area is 152 Å². The van der Waals surface area contributed by atoms with Crippen LogP contribution in [0.2, 0.25) is 0 Å². The molecule has 1 aliphatic rings. The average molecular weight is 354 g/mol. The number of nitrogens with zero attached hydrogens (tertiary/aromatic N) is 1. The maximum absolute atomic E-state index is 12.4. The highest BCUT2D eigenvalue weighted by Gasteiger charge is 2.31. The minimum Gasteiger partial charge on any atom is -0.497 e. The minimum absolute atomic E-state index is 0.00726. The molecule has 0 aromatic heterocycles. The van der Waals surface area contributed by atoms with Gasteiger partial charge in [0, 0.05) is 24.2 Å². The Morgan fingerprint density at radius 1 is 1.12 bits per heavy atom. The second-order valence-corrected chi connectivity index (χ2v) is 6.03. The topological polar surface area (TPSA) is 67.9 Å². The molecule has 0 saturated carbocycles. The molecule has 2 aromatic rings. The van der Waals surface area contributed by atoms with Gasteiger partial charge in [-0.15, -0.1) is 0 Å². The molecule has 1 aliphatic heterocycles. The van der Waals surface area contributed by atoms with Gasteiger partial charge in [-0.3, -0.25) is 9.59 Å². The Kier molecular flexibility index (Phi) is 5.41. The lowest BCUT2D eigenvalue weighted by Gasteiger charge is -2.17. The number of carbonyl (C=O) groups excluding carboxylic acids is 2. The van der Waals surface area contributed by atoms with Crippen molar-refractivity contribution in [3.63, 3.8) is 0 Å². The molecule has 1 heterocycles. The van der Waals surface area contributed by atoms with E-state index in [2.05, 4.69) is 5.32 Å². The zero-order valence-electron chi connectivity index (χ0n) is 14.9. The molecule has 0 aliphatic carbocycles. The summed E-state index contributed by atoms with van der Waals surface area (Å²) >= 11 is 0. The molecule has 6 heteroatoms. The number of ether oxygens (including phenoxy) is 2. The molecule has 1 saturated heterocycles. The van der Waals surface area contributed by atoms with E-state index in [9.17, 15) is 9.59 Å². The summed E-state index contributed by atoms with van der Waals surface area (Å²) in [6.45, 7) is 2.94. The number of nitrogens with one attached hydrogen (secondary N) is 1. The van der Waals surface area contributed by atoms with Gasteiger partial charge in [0.05, 0.1) is 19.8 Å². The van der Waals surface area contributed by atoms with Crippen LogP contribution in [-0.2, 0) is 4.79 Å². The summed E-state index contributed by atoms with van der Waals surface area (Å²) in [5, 5.41) is 2.93. The van der Waals surface area contributed by atoms with Crippen molar-refractivity contribution in [2.45, 2.75) is 19.4 Å². The predicted octanol–water partition coefficient (Wildman–Crippen LogP) is 2.63. The molecule has 3 rings (SSSR count). The van der Waals surface area contributed by atoms with Gasteiger partial charge in [0.1, 0.15) is 11.5 Å². The van der Waals surface area contributed by atoms with E-state index in [-0.39, 0.29) is 24.3 Å². The summed E-state index contributed by atoms with van der Waals surface area (Å²) in [4.78, 5) is 26.4. The highest BCUT2D eigenvalue weighted by atomic mass is 16.5. The van der Waals surface area contributed by atoms with E-state index < -0.39 is 0 Å². The number of carbonyl (C=O) groups is 2. The maximum Gasteiger partial charge on any atom is 0.251 e. The highest BCUT2D eigenvalue weighted by Crippen LogP contribution is 2.24. The van der Waals surface area contributed by atoms with Crippen LogP contribution < -0.4 is 19.7 Å². The van der Waals surface area contributed by atoms with Crippen LogP contribution in [0.4, 0.5) is 5.69 Å². The van der Waals surface area contributed by atoms with Crippen LogP contribution in [0.1, 0.15) is 23.7 Å². The number of anilines is 1. The van der Waals surface area contributed by atoms with Crippen molar-refractivity contribution in [3.05, 3.63) is 54.1 Å². The summed E-state index contributed by atoms with van der Waals surface area (Å²) in [6, 6.07) is 14.1. The fourth-order valence-electron chi connectivity index (χ4n) is 2.95. The summed E-state index contributed by atoms with van der Waals surface area (Å²) in [7, 11) is 1.60. The first-order valence-electron chi connectivity index (χ1n) is 8.59. The second kappa shape index (κ2) is 7.91. The van der Waals surface area contributed by atoms with E-state index in [1.165, 1.54) is 0 Å². The largest absolute Gasteiger partial charge is 0.497 e. The Balaban J connectivity index is 1.62. The molecule has 0 radical (unpaired) electrons. The van der Waals surface area contributed by atoms with Crippen LogP contribution in [-0.4, -0.2) is 38.1 Å². The lowest BCUT2D eigenvalue weighted by Crippen LogP contribution is -2.37. The van der Waals surface area contributed by atoms with Crippen molar-refractivity contribution in [2.75, 3.05) is 25.2 Å². The monoisotopic (exact) mass is 354 g/mol. The summed E-state index contributed by atoms with van der Waals surface area (Å²) < 4.78 is 10.5. The quantitative estimate of drug-likeness (QED) is 0.866. The molecule has 136 valence electrons. The van der Waals surface area contributed by atoms with Crippen LogP contribution >= 0.6 is 0 Å². The van der Waals surface area contributed by atoms with Gasteiger partial charge in [0.25, 0.3) is 5.91 Å². The van der Waals surface area contributed by atoms with Crippen LogP contribution in [0.15, 0.2) is 48.5 Å². The molecule has 0 bridgehead atoms. The summed E-state index contributed by atoms with van der Waals surface area (Å²) in [5.74, 6) is 1.26. The average Bonchev–Trinajstić information content (AvgIpc) is 3.02. The van der Waals surface area contributed by atoms with Crippen LogP contribution in [0.25, 0.3) is 0 Å². The van der Waals surface area contributed by atoms with Crippen LogP contribution in [0.5, 0.6) is 11.5 Å². The van der Waals surface area contributed by atoms with Crippen molar-refractivity contribution >= 4 is 17.5 Å². The van der Waals surface area contributed by atoms with Crippen molar-refractivity contribution in [1.82, 2.24) is 5.32 Å². The Bertz CT molecular complexity index is 771. The van der Waals surface area contributed by atoms with Crippen LogP contribution in [0.3, 0.4) is 0 Å². The Morgan fingerprint density at radius 2 is 1.77 bits per heavy atom. The number of amides is 2. The standard InChI is InChI=1S/C20H22N2O4/c1-3-26-18-8-4-14(5-9-18)20(24)21-15-12-19(23)22(13-15)16-6-10-17(25-2)11-7-16/h4-11,15H,3,12-13H2,1-2H3,(H,21,24)/t15-/m1/s1. The minimum atomic E-state index is -0.219. The Morgan fingerprint density at radius 3 is 2.38 bits per heavy atom. The number of rotatable bonds is 6. The molecule has 2 aromatic carbocycles. The zero-order chi connectivity index (χ0) is 18.5. The molecule has 1 fully saturated rings. The molecule has 1 N–H and O–H groups in total. The van der Waals surface area contributed by atoms with E-state index in [1.807, 2.05) is 31.2 Å². The number of methoxy groups -OCH3 is 1. The number of hydrogen-bond donors (Lipinski definition) is 1. The normalized spacial score (nSPS) is 16.5. The van der Waals surface area contributed by atoms with Gasteiger partial charge in [0.2, 0.25) is 5.91 Å². The lowest BCUT2D eigenvalue weighted by atomic mass is 10.2. The van der Waals surface area contributed by atoms with E-state index in [4.69, 9.17) is 9.47 Å². The molecule has 6 nitrogen and oxygen atoms in total. The zero-order valence-corrected chi connectivity index (χ0v) is 14.9. The first kappa shape index (κ1) is 17.8. The lowest BCUT2D eigenvalue weighted by molar-refractivity contribution is -0.117. The van der Waals surface area contributed by atoms with Gasteiger partial charge >= 0.3 is 0 Å². The predicted molar refractivity (Wildman–Crippen MR) is 98.8 cm³/mol. The third-order valence-electron chi connectivity index (χ3n) is 4.27. The number of benzene rings is 2. The van der Waals surface area contributed by atoms with E-state index in [0.29, 0.717) is 18.7 Å².